The fourth-order valence-electron chi connectivity index (χ4n) is 5.02. The van der Waals surface area contributed by atoms with E-state index in [0.717, 1.165) is 6.42 Å². The highest BCUT2D eigenvalue weighted by Gasteiger charge is 2.17. The van der Waals surface area contributed by atoms with Gasteiger partial charge >= 0.3 is 0 Å². The third-order valence-electron chi connectivity index (χ3n) is 7.06. The molecule has 0 fully saturated rings. The molecule has 192 valence electrons. The Balaban J connectivity index is 0.000000515. The third-order valence-corrected chi connectivity index (χ3v) is 7.06. The highest BCUT2D eigenvalue weighted by molar-refractivity contribution is 6.20. The molecule has 38 heavy (non-hydrogen) atoms. The van der Waals surface area contributed by atoms with Crippen molar-refractivity contribution in [1.82, 2.24) is 0 Å². The summed E-state index contributed by atoms with van der Waals surface area (Å²) in [5, 5.41) is 5.21. The minimum atomic E-state index is 0.966. The van der Waals surface area contributed by atoms with Gasteiger partial charge in [-0.2, -0.15) is 0 Å². The van der Waals surface area contributed by atoms with Crippen LogP contribution in [0.4, 0.5) is 0 Å². The van der Waals surface area contributed by atoms with Gasteiger partial charge in [-0.05, 0) is 74.4 Å². The molecule has 0 heteroatoms. The summed E-state index contributed by atoms with van der Waals surface area (Å²) in [6, 6.07) is 35.4. The first-order valence-corrected chi connectivity index (χ1v) is 14.2. The van der Waals surface area contributed by atoms with Crippen LogP contribution in [-0.4, -0.2) is 0 Å². The number of rotatable bonds is 3. The number of hydrogen-bond acceptors (Lipinski definition) is 0. The summed E-state index contributed by atoms with van der Waals surface area (Å²) in [6.45, 7) is 10.5. The molecule has 1 aliphatic rings. The predicted octanol–water partition coefficient (Wildman–Crippen LogP) is 11.5. The molecule has 0 aliphatic heterocycles. The summed E-state index contributed by atoms with van der Waals surface area (Å²) in [7, 11) is 0. The Morgan fingerprint density at radius 2 is 1.08 bits per heavy atom. The van der Waals surface area contributed by atoms with Crippen LogP contribution < -0.4 is 0 Å². The Morgan fingerprint density at radius 1 is 0.579 bits per heavy atom. The van der Waals surface area contributed by atoms with Gasteiger partial charge in [0.25, 0.3) is 0 Å². The quantitative estimate of drug-likeness (QED) is 0.218. The molecule has 0 saturated heterocycles. The topological polar surface area (TPSA) is 0 Å². The van der Waals surface area contributed by atoms with Crippen molar-refractivity contribution in [2.45, 2.75) is 53.9 Å². The van der Waals surface area contributed by atoms with Gasteiger partial charge in [0.15, 0.2) is 0 Å². The van der Waals surface area contributed by atoms with Crippen molar-refractivity contribution < 1.29 is 0 Å². The first kappa shape index (κ1) is 27.1. The van der Waals surface area contributed by atoms with Crippen LogP contribution in [0.2, 0.25) is 0 Å². The number of aryl methyl sites for hydroxylation is 1. The summed E-state index contributed by atoms with van der Waals surface area (Å²) >= 11 is 0. The molecule has 0 aromatic heterocycles. The van der Waals surface area contributed by atoms with Gasteiger partial charge in [0.1, 0.15) is 0 Å². The number of allylic oxidation sites excluding steroid dienone is 3. The van der Waals surface area contributed by atoms with E-state index in [1.165, 1.54) is 73.3 Å². The van der Waals surface area contributed by atoms with E-state index in [0.29, 0.717) is 0 Å². The molecule has 1 aliphatic carbocycles. The lowest BCUT2D eigenvalue weighted by molar-refractivity contribution is 0.886. The van der Waals surface area contributed by atoms with E-state index in [-0.39, 0.29) is 0 Å². The molecule has 0 nitrogen and oxygen atoms in total. The van der Waals surface area contributed by atoms with E-state index in [1.54, 1.807) is 0 Å². The highest BCUT2D eigenvalue weighted by Crippen LogP contribution is 2.43. The summed E-state index contributed by atoms with van der Waals surface area (Å²) < 4.78 is 0. The zero-order valence-corrected chi connectivity index (χ0v) is 23.6. The van der Waals surface area contributed by atoms with Gasteiger partial charge in [-0.1, -0.05) is 155 Å². The van der Waals surface area contributed by atoms with Crippen LogP contribution in [0.15, 0.2) is 109 Å². The maximum atomic E-state index is 2.36. The van der Waals surface area contributed by atoms with Gasteiger partial charge in [0.2, 0.25) is 0 Å². The predicted molar refractivity (Wildman–Crippen MR) is 171 cm³/mol. The van der Waals surface area contributed by atoms with Crippen molar-refractivity contribution in [2.24, 2.45) is 0 Å². The van der Waals surface area contributed by atoms with Gasteiger partial charge < -0.3 is 0 Å². The second-order valence-electron chi connectivity index (χ2n) is 9.61. The molecule has 5 aromatic rings. The summed E-state index contributed by atoms with van der Waals surface area (Å²) in [5.41, 5.74) is 9.15. The second-order valence-corrected chi connectivity index (χ2v) is 9.61. The number of hydrogen-bond donors (Lipinski definition) is 0. The van der Waals surface area contributed by atoms with Crippen molar-refractivity contribution in [3.8, 4) is 11.1 Å². The largest absolute Gasteiger partial charge is 0.0795 e. The molecule has 0 spiro atoms. The Bertz CT molecular complexity index is 1500. The lowest BCUT2D eigenvalue weighted by atomic mass is 9.85. The fourth-order valence-corrected chi connectivity index (χ4v) is 5.02. The van der Waals surface area contributed by atoms with Crippen LogP contribution in [-0.2, 0) is 6.42 Å². The Labute approximate surface area is 229 Å². The van der Waals surface area contributed by atoms with Crippen LogP contribution in [0.25, 0.3) is 44.3 Å². The number of fused-ring (bicyclic) bond motifs is 3. The van der Waals surface area contributed by atoms with Crippen LogP contribution >= 0.6 is 0 Å². The molecule has 0 radical (unpaired) electrons. The Hall–Kier alpha value is -3.90. The fraction of sp³-hybridized carbons (Fsp3) is 0.211. The minimum Gasteiger partial charge on any atom is -0.0795 e. The smallest absolute Gasteiger partial charge is 0.00263 e. The summed E-state index contributed by atoms with van der Waals surface area (Å²) in [5.74, 6) is 0. The van der Waals surface area contributed by atoms with Gasteiger partial charge in [-0.3, -0.25) is 0 Å². The van der Waals surface area contributed by atoms with E-state index in [1.807, 2.05) is 13.8 Å². The first-order chi connectivity index (χ1) is 18.7. The summed E-state index contributed by atoms with van der Waals surface area (Å²) in [6.07, 6.45) is 10.6. The molecule has 0 N–H and O–H groups in total. The third kappa shape index (κ3) is 5.65. The molecule has 0 saturated carbocycles. The molecular formula is C38H40. The van der Waals surface area contributed by atoms with Gasteiger partial charge in [0.05, 0.1) is 0 Å². The van der Waals surface area contributed by atoms with Crippen molar-refractivity contribution >= 4 is 33.2 Å². The van der Waals surface area contributed by atoms with E-state index in [2.05, 4.69) is 136 Å². The second kappa shape index (κ2) is 13.1. The average molecular weight is 497 g/mol. The maximum Gasteiger partial charge on any atom is -0.00263 e. The standard InChI is InChI=1S/C32H24.C4H10.C2H6/c1-22-17-19-24(20-18-22)31-27-13-4-6-15-29(27)32(30-16-7-5-14-28(30)31)26-12-8-11-23-9-2-3-10-25(23)21-26;1-3-4-2;1-2/h2-10,12-21H,11H2,1H3;3-4H2,1-2H3;1-2H3. The van der Waals surface area contributed by atoms with Gasteiger partial charge in [-0.15, -0.1) is 0 Å². The zero-order valence-electron chi connectivity index (χ0n) is 23.6. The van der Waals surface area contributed by atoms with Crippen LogP contribution in [0, 0.1) is 6.92 Å². The lowest BCUT2D eigenvalue weighted by Crippen LogP contribution is -1.93. The molecule has 0 amide bonds. The monoisotopic (exact) mass is 496 g/mol. The van der Waals surface area contributed by atoms with E-state index < -0.39 is 0 Å². The van der Waals surface area contributed by atoms with Crippen molar-refractivity contribution in [1.29, 1.82) is 0 Å². The zero-order chi connectivity index (χ0) is 26.9. The van der Waals surface area contributed by atoms with Crippen molar-refractivity contribution in [3.63, 3.8) is 0 Å². The first-order valence-electron chi connectivity index (χ1n) is 14.2. The SMILES string of the molecule is CC.CCCC.Cc1ccc(-c2c3ccccc3c(C3=Cc4ccccc4CC=C3)c3ccccc23)cc1. The average Bonchev–Trinajstić information content (AvgIpc) is 3.20. The highest BCUT2D eigenvalue weighted by atomic mass is 14.2. The van der Waals surface area contributed by atoms with Gasteiger partial charge in [-0.25, -0.2) is 0 Å². The Morgan fingerprint density at radius 3 is 1.63 bits per heavy atom. The molecule has 0 atom stereocenters. The number of unbranched alkanes of at least 4 members (excludes halogenated alkanes) is 1. The van der Waals surface area contributed by atoms with E-state index in [9.17, 15) is 0 Å². The summed E-state index contributed by atoms with van der Waals surface area (Å²) in [4.78, 5) is 0. The normalized spacial score (nSPS) is 12.0. The van der Waals surface area contributed by atoms with Crippen molar-refractivity contribution in [3.05, 3.63) is 131 Å². The van der Waals surface area contributed by atoms with Crippen LogP contribution in [0.1, 0.15) is 62.8 Å². The van der Waals surface area contributed by atoms with Crippen LogP contribution in [0.3, 0.4) is 0 Å². The maximum absolute atomic E-state index is 2.36. The van der Waals surface area contributed by atoms with Gasteiger partial charge in [0, 0.05) is 0 Å². The Kier molecular flexibility index (Phi) is 9.33. The van der Waals surface area contributed by atoms with Crippen LogP contribution in [0.5, 0.6) is 0 Å². The molecule has 6 rings (SSSR count). The number of benzene rings is 5. The lowest BCUT2D eigenvalue weighted by Gasteiger charge is -2.18. The van der Waals surface area contributed by atoms with E-state index in [4.69, 9.17) is 0 Å². The minimum absolute atomic E-state index is 0.966. The van der Waals surface area contributed by atoms with E-state index >= 15 is 0 Å². The molecule has 0 heterocycles. The molecule has 0 unspecified atom stereocenters. The van der Waals surface area contributed by atoms with Crippen molar-refractivity contribution in [2.75, 3.05) is 0 Å². The molecule has 5 aromatic carbocycles. The molecule has 0 bridgehead atoms. The molecular weight excluding hydrogens is 456 g/mol.